The van der Waals surface area contributed by atoms with Crippen molar-refractivity contribution < 1.29 is 44.6 Å². The average molecular weight is 1100 g/mol. The summed E-state index contributed by atoms with van der Waals surface area (Å²) in [5, 5.41) is 64.7. The number of hydrogen-bond donors (Lipinski definition) is 5. The molecule has 0 unspecified atom stereocenters. The smallest absolute Gasteiger partial charge is 0.126 e. The first-order valence-electron chi connectivity index (χ1n) is 30.1. The predicted molar refractivity (Wildman–Crippen MR) is 323 cm³/mol. The number of cyclic esters (lactones) is 1. The van der Waals surface area contributed by atoms with Gasteiger partial charge in [0.2, 0.25) is 0 Å². The van der Waals surface area contributed by atoms with E-state index in [0.717, 1.165) is 31.8 Å². The first-order valence-corrected chi connectivity index (χ1v) is 32.3. The Balaban J connectivity index is 1.24. The number of esters is 1. The SMILES string of the molecule is CC[C@H]1OC(=O)[C@H](C)[C@@H](O)[C@H](C)[C@@H](C[C@@H]2O[C@H](C)C[C@H](N(C)C)[C@H]2O)[C@](C)(O)C[C@@H](C)CN(C(=O)CCCCCCCCCCC[PH](c2cc(C)cc(C)c2)(c2cc(C)cc(C)c2)c2cc(C)cc(C)c2)[C@H](C)[C@@H](O)[C@]1(C)O. The molecule has 11 nitrogen and oxygen atoms in total. The van der Waals surface area contributed by atoms with E-state index in [-0.39, 0.29) is 56.2 Å². The van der Waals surface area contributed by atoms with Gasteiger partial charge in [0.05, 0.1) is 42.0 Å². The molecule has 1 amide bonds. The van der Waals surface area contributed by atoms with Gasteiger partial charge in [-0.05, 0) is 92.2 Å². The fraction of sp³-hybridized carbons (Fsp3) is 0.697. The van der Waals surface area contributed by atoms with Gasteiger partial charge in [-0.15, -0.1) is 0 Å². The predicted octanol–water partition coefficient (Wildman–Crippen LogP) is 10.0. The molecule has 2 saturated heterocycles. The van der Waals surface area contributed by atoms with E-state index in [0.29, 0.717) is 12.8 Å². The minimum absolute atomic E-state index is 0.142. The van der Waals surface area contributed by atoms with Crippen LogP contribution in [0.4, 0.5) is 0 Å². The van der Waals surface area contributed by atoms with Crippen LogP contribution in [0.1, 0.15) is 179 Å². The Morgan fingerprint density at radius 3 is 1.59 bits per heavy atom. The number of aliphatic hydroxyl groups excluding tert-OH is 3. The Morgan fingerprint density at radius 2 is 1.14 bits per heavy atom. The van der Waals surface area contributed by atoms with Crippen molar-refractivity contribution in [3.63, 3.8) is 0 Å². The molecule has 14 atom stereocenters. The van der Waals surface area contributed by atoms with Gasteiger partial charge in [-0.25, -0.2) is 0 Å². The number of aryl methyl sites for hydroxylation is 6. The third-order valence-corrected chi connectivity index (χ3v) is 23.2. The van der Waals surface area contributed by atoms with Gasteiger partial charge in [-0.2, -0.15) is 0 Å². The molecule has 2 heterocycles. The normalized spacial score (nSPS) is 31.2. The van der Waals surface area contributed by atoms with E-state index < -0.39 is 78.7 Å². The monoisotopic (exact) mass is 1100 g/mol. The largest absolute Gasteiger partial charge is 0.388 e. The fourth-order valence-electron chi connectivity index (χ4n) is 14.1. The molecule has 3 aromatic rings. The Kier molecular flexibility index (Phi) is 24.1. The number of hydrogen-bond acceptors (Lipinski definition) is 10. The van der Waals surface area contributed by atoms with Gasteiger partial charge < -0.3 is 44.8 Å². The van der Waals surface area contributed by atoms with Gasteiger partial charge in [-0.3, -0.25) is 9.59 Å². The van der Waals surface area contributed by atoms with E-state index in [1.54, 1.807) is 32.6 Å². The third kappa shape index (κ3) is 16.5. The second-order valence-electron chi connectivity index (χ2n) is 25.9. The molecule has 0 bridgehead atoms. The van der Waals surface area contributed by atoms with Crippen molar-refractivity contribution in [2.24, 2.45) is 23.7 Å². The Morgan fingerprint density at radius 1 is 0.692 bits per heavy atom. The molecular formula is C66H107N2O9P. The van der Waals surface area contributed by atoms with Crippen LogP contribution in [0.25, 0.3) is 0 Å². The van der Waals surface area contributed by atoms with Gasteiger partial charge in [0.25, 0.3) is 0 Å². The average Bonchev–Trinajstić information content (AvgIpc) is 3.37. The number of likely N-dealkylation sites (N-methyl/N-ethyl adjacent to an activating group) is 1. The van der Waals surface area contributed by atoms with E-state index in [9.17, 15) is 35.1 Å². The molecule has 0 spiro atoms. The van der Waals surface area contributed by atoms with Crippen molar-refractivity contribution in [1.82, 2.24) is 9.80 Å². The fourth-order valence-corrected chi connectivity index (χ4v) is 19.6. The number of aliphatic hydroxyl groups is 5. The van der Waals surface area contributed by atoms with Crippen LogP contribution < -0.4 is 15.9 Å². The van der Waals surface area contributed by atoms with Crippen molar-refractivity contribution in [3.05, 3.63) is 88.0 Å². The summed E-state index contributed by atoms with van der Waals surface area (Å²) in [6.07, 6.45) is 6.71. The molecule has 440 valence electrons. The molecule has 2 aliphatic rings. The molecule has 5 rings (SSSR count). The number of benzene rings is 3. The van der Waals surface area contributed by atoms with Gasteiger partial charge in [-0.1, -0.05) is 20.8 Å². The van der Waals surface area contributed by atoms with E-state index >= 15 is 0 Å². The molecular weight excluding hydrogens is 996 g/mol. The maximum absolute atomic E-state index is 14.5. The molecule has 3 aromatic carbocycles. The van der Waals surface area contributed by atoms with Crippen LogP contribution in [0.15, 0.2) is 54.6 Å². The zero-order valence-electron chi connectivity index (χ0n) is 51.2. The first-order chi connectivity index (χ1) is 36.5. The quantitative estimate of drug-likeness (QED) is 0.0444. The molecule has 0 radical (unpaired) electrons. The van der Waals surface area contributed by atoms with E-state index in [1.165, 1.54) is 81.9 Å². The zero-order chi connectivity index (χ0) is 58.0. The van der Waals surface area contributed by atoms with Crippen LogP contribution in [-0.2, 0) is 19.1 Å². The third-order valence-electron chi connectivity index (χ3n) is 18.3. The van der Waals surface area contributed by atoms with Crippen LogP contribution >= 0.6 is 7.26 Å². The molecule has 78 heavy (non-hydrogen) atoms. The number of carbonyl (C=O) groups is 2. The number of amides is 1. The van der Waals surface area contributed by atoms with Gasteiger partial charge in [0.15, 0.2) is 0 Å². The van der Waals surface area contributed by atoms with Crippen LogP contribution in [-0.4, -0.2) is 134 Å². The second-order valence-corrected chi connectivity index (χ2v) is 29.9. The summed E-state index contributed by atoms with van der Waals surface area (Å²) in [6, 6.07) is 20.7. The van der Waals surface area contributed by atoms with Crippen LogP contribution in [0.3, 0.4) is 0 Å². The number of unbranched alkanes of at least 4 members (excludes halogenated alkanes) is 8. The van der Waals surface area contributed by atoms with Crippen molar-refractivity contribution in [2.45, 2.75) is 247 Å². The van der Waals surface area contributed by atoms with Crippen molar-refractivity contribution >= 4 is 35.1 Å². The van der Waals surface area contributed by atoms with Crippen LogP contribution in [0, 0.1) is 65.2 Å². The first kappa shape index (κ1) is 65.6. The van der Waals surface area contributed by atoms with E-state index in [2.05, 4.69) is 96.1 Å². The molecule has 5 N–H and O–H groups in total. The Hall–Kier alpha value is -3.25. The summed E-state index contributed by atoms with van der Waals surface area (Å²) in [7, 11) is 1.45. The van der Waals surface area contributed by atoms with Crippen molar-refractivity contribution in [1.29, 1.82) is 0 Å². The van der Waals surface area contributed by atoms with E-state index in [4.69, 9.17) is 9.47 Å². The summed E-state index contributed by atoms with van der Waals surface area (Å²) < 4.78 is 12.3. The molecule has 2 fully saturated rings. The van der Waals surface area contributed by atoms with Crippen LogP contribution in [0.5, 0.6) is 0 Å². The van der Waals surface area contributed by atoms with Gasteiger partial charge >= 0.3 is 235 Å². The molecule has 12 heteroatoms. The van der Waals surface area contributed by atoms with Crippen LogP contribution in [0.2, 0.25) is 0 Å². The number of carbonyl (C=O) groups excluding carboxylic acids is 2. The van der Waals surface area contributed by atoms with Crippen molar-refractivity contribution in [3.8, 4) is 0 Å². The minimum Gasteiger partial charge on any atom is -0.388 e. The van der Waals surface area contributed by atoms with Gasteiger partial charge in [0, 0.05) is 12.6 Å². The van der Waals surface area contributed by atoms with Crippen molar-refractivity contribution in [2.75, 3.05) is 26.8 Å². The molecule has 0 aliphatic carbocycles. The number of rotatable bonds is 19. The topological polar surface area (TPSA) is 160 Å². The Bertz CT molecular complexity index is 2220. The maximum Gasteiger partial charge on any atom is 0.126 e. The summed E-state index contributed by atoms with van der Waals surface area (Å²) >= 11 is 0. The van der Waals surface area contributed by atoms with E-state index in [1.807, 2.05) is 39.8 Å². The second kappa shape index (κ2) is 28.6. The minimum atomic E-state index is -2.41. The van der Waals surface area contributed by atoms with Gasteiger partial charge in [0.1, 0.15) is 17.8 Å². The zero-order valence-corrected chi connectivity index (χ0v) is 52.2. The maximum atomic E-state index is 14.5. The number of nitrogens with zero attached hydrogens (tertiary/aromatic N) is 2. The summed E-state index contributed by atoms with van der Waals surface area (Å²) in [5.41, 5.74) is 4.55. The molecule has 0 aromatic heterocycles. The standard InChI is InChI=1S/C66H107N2O9P/c1-17-59-66(14,75)63(72)52(12)68(41-48(8)40-65(13,74)56(50(10)61(70)51(11)64(73)77-59)39-58-62(71)57(67(15)16)38-49(9)76-58)60(69)27-25-23-21-19-18-20-22-24-26-28-78(53-32-42(2)29-43(3)33-53,54-34-44(4)30-45(5)35-54)55-36-46(6)31-47(7)37-55/h29-37,48-52,56-59,61-63,70-72,74-75,78H,17-28,38-41H2,1-16H3/t48-,49-,50-,51-,52-,56-,57+,58+,59-,61+,62-,63-,65-,66-/m1/s1. The molecule has 2 aliphatic heterocycles. The molecule has 0 saturated carbocycles. The number of ether oxygens (including phenoxy) is 2. The summed E-state index contributed by atoms with van der Waals surface area (Å²) in [5.74, 6) is -3.50. The summed E-state index contributed by atoms with van der Waals surface area (Å²) in [6.45, 7) is 27.6. The Labute approximate surface area is 472 Å². The summed E-state index contributed by atoms with van der Waals surface area (Å²) in [4.78, 5) is 32.0.